The molecule has 18 heavy (non-hydrogen) atoms. The number of carbonyl (C=O) groups is 1. The maximum atomic E-state index is 11.4. The van der Waals surface area contributed by atoms with Crippen molar-refractivity contribution in [1.29, 1.82) is 0 Å². The molecule has 1 aliphatic heterocycles. The van der Waals surface area contributed by atoms with Gasteiger partial charge in [0.05, 0.1) is 0 Å². The highest BCUT2D eigenvalue weighted by Gasteiger charge is 2.39. The number of hydrogen-bond donors (Lipinski definition) is 3. The number of pyridine rings is 1. The van der Waals surface area contributed by atoms with E-state index < -0.39 is 11.5 Å². The number of nitrogens with one attached hydrogen (secondary N) is 2. The van der Waals surface area contributed by atoms with E-state index in [1.165, 1.54) is 0 Å². The van der Waals surface area contributed by atoms with Crippen LogP contribution in [0.2, 0.25) is 0 Å². The van der Waals surface area contributed by atoms with Crippen molar-refractivity contribution in [2.75, 3.05) is 18.4 Å². The molecule has 0 radical (unpaired) electrons. The second-order valence-corrected chi connectivity index (χ2v) is 3.98. The Morgan fingerprint density at radius 1 is 1.33 bits per heavy atom. The van der Waals surface area contributed by atoms with E-state index in [-0.39, 0.29) is 24.8 Å². The zero-order chi connectivity index (χ0) is 11.4. The van der Waals surface area contributed by atoms with Crippen molar-refractivity contribution in [3.8, 4) is 0 Å². The summed E-state index contributed by atoms with van der Waals surface area (Å²) in [5.74, 6) is -0.188. The molecule has 0 aromatic carbocycles. The molecule has 2 rings (SSSR count). The molecule has 1 aromatic rings. The fourth-order valence-electron chi connectivity index (χ4n) is 1.93. The van der Waals surface area contributed by atoms with E-state index in [0.29, 0.717) is 31.7 Å². The van der Waals surface area contributed by atoms with Gasteiger partial charge in [-0.25, -0.2) is 9.78 Å². The third-order valence-electron chi connectivity index (χ3n) is 2.90. The molecule has 0 bridgehead atoms. The van der Waals surface area contributed by atoms with E-state index in [4.69, 9.17) is 0 Å². The third-order valence-corrected chi connectivity index (χ3v) is 2.90. The molecule has 7 heteroatoms. The van der Waals surface area contributed by atoms with Crippen molar-refractivity contribution in [3.05, 3.63) is 24.4 Å². The van der Waals surface area contributed by atoms with Crippen LogP contribution in [0.25, 0.3) is 0 Å². The lowest BCUT2D eigenvalue weighted by Gasteiger charge is -2.34. The quantitative estimate of drug-likeness (QED) is 0.788. The Hall–Kier alpha value is -1.04. The first kappa shape index (κ1) is 17.0. The molecular weight excluding hydrogens is 277 g/mol. The van der Waals surface area contributed by atoms with Crippen molar-refractivity contribution >= 4 is 36.6 Å². The normalized spacial score (nSPS) is 16.9. The monoisotopic (exact) mass is 293 g/mol. The second kappa shape index (κ2) is 7.41. The molecule has 0 atom stereocenters. The van der Waals surface area contributed by atoms with Gasteiger partial charge in [0.15, 0.2) is 0 Å². The number of nitrogens with zero attached hydrogens (tertiary/aromatic N) is 1. The zero-order valence-corrected chi connectivity index (χ0v) is 11.4. The predicted molar refractivity (Wildman–Crippen MR) is 74.8 cm³/mol. The first-order chi connectivity index (χ1) is 7.73. The van der Waals surface area contributed by atoms with Crippen LogP contribution in [-0.2, 0) is 4.79 Å². The van der Waals surface area contributed by atoms with Gasteiger partial charge in [-0.3, -0.25) is 0 Å². The summed E-state index contributed by atoms with van der Waals surface area (Å²) in [4.78, 5) is 15.5. The maximum Gasteiger partial charge on any atom is 0.329 e. The summed E-state index contributed by atoms with van der Waals surface area (Å²) in [5.41, 5.74) is -0.875. The van der Waals surface area contributed by atoms with Crippen LogP contribution in [0.15, 0.2) is 24.4 Å². The minimum Gasteiger partial charge on any atom is -0.480 e. The van der Waals surface area contributed by atoms with Crippen molar-refractivity contribution in [2.24, 2.45) is 0 Å². The Balaban J connectivity index is 0.00000144. The van der Waals surface area contributed by atoms with Gasteiger partial charge >= 0.3 is 5.97 Å². The number of aliphatic carboxylic acids is 1. The van der Waals surface area contributed by atoms with E-state index in [1.807, 2.05) is 6.07 Å². The van der Waals surface area contributed by atoms with Crippen LogP contribution in [0.4, 0.5) is 5.82 Å². The summed E-state index contributed by atoms with van der Waals surface area (Å²) >= 11 is 0. The minimum atomic E-state index is -0.875. The Kier molecular flexibility index (Phi) is 6.98. The molecule has 1 fully saturated rings. The Morgan fingerprint density at radius 3 is 2.50 bits per heavy atom. The number of carboxylic acid groups (broad SMARTS) is 1. The lowest BCUT2D eigenvalue weighted by atomic mass is 9.88. The lowest BCUT2D eigenvalue weighted by molar-refractivity contribution is -0.143. The number of halogens is 2. The number of piperidine rings is 1. The average Bonchev–Trinajstić information content (AvgIpc) is 2.31. The van der Waals surface area contributed by atoms with E-state index in [2.05, 4.69) is 15.6 Å². The maximum absolute atomic E-state index is 11.4. The molecule has 1 saturated heterocycles. The lowest BCUT2D eigenvalue weighted by Crippen LogP contribution is -2.53. The zero-order valence-electron chi connectivity index (χ0n) is 9.76. The highest BCUT2D eigenvalue weighted by atomic mass is 35.5. The van der Waals surface area contributed by atoms with Crippen LogP contribution in [0.3, 0.4) is 0 Å². The molecule has 1 aromatic heterocycles. The second-order valence-electron chi connectivity index (χ2n) is 3.98. The first-order valence-electron chi connectivity index (χ1n) is 5.36. The average molecular weight is 294 g/mol. The van der Waals surface area contributed by atoms with Crippen molar-refractivity contribution in [1.82, 2.24) is 10.3 Å². The Labute approximate surface area is 118 Å². The Bertz CT molecular complexity index is 370. The highest BCUT2D eigenvalue weighted by Crippen LogP contribution is 2.23. The van der Waals surface area contributed by atoms with Gasteiger partial charge in [-0.2, -0.15) is 0 Å². The van der Waals surface area contributed by atoms with Gasteiger partial charge in [0.2, 0.25) is 0 Å². The SMILES string of the molecule is Cl.Cl.O=C(O)C1(Nc2ccccn2)CCNCC1. The number of rotatable bonds is 3. The van der Waals surface area contributed by atoms with E-state index in [9.17, 15) is 9.90 Å². The summed E-state index contributed by atoms with van der Waals surface area (Å²) in [5, 5.41) is 15.5. The highest BCUT2D eigenvalue weighted by molar-refractivity contribution is 5.85. The van der Waals surface area contributed by atoms with Crippen molar-refractivity contribution in [3.63, 3.8) is 0 Å². The molecule has 3 N–H and O–H groups in total. The van der Waals surface area contributed by atoms with E-state index >= 15 is 0 Å². The standard InChI is InChI=1S/C11H15N3O2.2ClH/c15-10(16)11(4-7-12-8-5-11)14-9-3-1-2-6-13-9;;/h1-3,6,12H,4-5,7-8H2,(H,13,14)(H,15,16);2*1H. The predicted octanol–water partition coefficient (Wildman–Crippen LogP) is 1.54. The minimum absolute atomic E-state index is 0. The van der Waals surface area contributed by atoms with Crippen LogP contribution in [0, 0.1) is 0 Å². The van der Waals surface area contributed by atoms with Gasteiger partial charge in [-0.05, 0) is 38.1 Å². The first-order valence-corrected chi connectivity index (χ1v) is 5.36. The van der Waals surface area contributed by atoms with Gasteiger partial charge in [-0.1, -0.05) is 6.07 Å². The fourth-order valence-corrected chi connectivity index (χ4v) is 1.93. The summed E-state index contributed by atoms with van der Waals surface area (Å²) in [6, 6.07) is 5.43. The largest absolute Gasteiger partial charge is 0.480 e. The van der Waals surface area contributed by atoms with Gasteiger partial charge in [0.25, 0.3) is 0 Å². The molecule has 1 aliphatic rings. The molecule has 0 spiro atoms. The van der Waals surface area contributed by atoms with Crippen molar-refractivity contribution in [2.45, 2.75) is 18.4 Å². The van der Waals surface area contributed by atoms with Crippen molar-refractivity contribution < 1.29 is 9.90 Å². The van der Waals surface area contributed by atoms with Gasteiger partial charge < -0.3 is 15.7 Å². The number of aromatic nitrogens is 1. The van der Waals surface area contributed by atoms with E-state index in [1.54, 1.807) is 18.3 Å². The van der Waals surface area contributed by atoms with Gasteiger partial charge in [-0.15, -0.1) is 24.8 Å². The van der Waals surface area contributed by atoms with Gasteiger partial charge in [0.1, 0.15) is 11.4 Å². The summed E-state index contributed by atoms with van der Waals surface area (Å²) < 4.78 is 0. The van der Waals surface area contributed by atoms with Crippen LogP contribution < -0.4 is 10.6 Å². The van der Waals surface area contributed by atoms with Crippen LogP contribution >= 0.6 is 24.8 Å². The summed E-state index contributed by atoms with van der Waals surface area (Å²) in [6.45, 7) is 1.43. The van der Waals surface area contributed by atoms with Crippen LogP contribution in [0.5, 0.6) is 0 Å². The number of carboxylic acids is 1. The molecule has 5 nitrogen and oxygen atoms in total. The fraction of sp³-hybridized carbons (Fsp3) is 0.455. The molecule has 0 amide bonds. The topological polar surface area (TPSA) is 74.2 Å². The molecule has 0 unspecified atom stereocenters. The van der Waals surface area contributed by atoms with Crippen LogP contribution in [0.1, 0.15) is 12.8 Å². The molecule has 0 aliphatic carbocycles. The number of hydrogen-bond acceptors (Lipinski definition) is 4. The summed E-state index contributed by atoms with van der Waals surface area (Å²) in [6.07, 6.45) is 2.79. The molecule has 2 heterocycles. The van der Waals surface area contributed by atoms with Gasteiger partial charge in [0, 0.05) is 6.20 Å². The number of anilines is 1. The molecule has 0 saturated carbocycles. The smallest absolute Gasteiger partial charge is 0.329 e. The molecule has 102 valence electrons. The summed E-state index contributed by atoms with van der Waals surface area (Å²) in [7, 11) is 0. The van der Waals surface area contributed by atoms with E-state index in [0.717, 1.165) is 0 Å². The molecular formula is C11H17Cl2N3O2. The van der Waals surface area contributed by atoms with Crippen LogP contribution in [-0.4, -0.2) is 34.7 Å². The Morgan fingerprint density at radius 2 is 2.00 bits per heavy atom. The third kappa shape index (κ3) is 3.73.